The first-order chi connectivity index (χ1) is 8.73. The van der Waals surface area contributed by atoms with Gasteiger partial charge in [0, 0.05) is 18.3 Å². The summed E-state index contributed by atoms with van der Waals surface area (Å²) in [5.41, 5.74) is 7.83. The number of anilines is 1. The summed E-state index contributed by atoms with van der Waals surface area (Å²) >= 11 is 0. The van der Waals surface area contributed by atoms with Crippen molar-refractivity contribution in [3.8, 4) is 0 Å². The number of rotatable bonds is 2. The summed E-state index contributed by atoms with van der Waals surface area (Å²) in [4.78, 5) is 0.419. The molecule has 2 atom stereocenters. The van der Waals surface area contributed by atoms with Gasteiger partial charge in [-0.3, -0.25) is 0 Å². The largest absolute Gasteiger partial charge is 0.399 e. The maximum absolute atomic E-state index is 12.8. The molecule has 106 valence electrons. The van der Waals surface area contributed by atoms with Crippen molar-refractivity contribution < 1.29 is 8.42 Å². The van der Waals surface area contributed by atoms with E-state index in [9.17, 15) is 8.42 Å². The first-order valence-corrected chi connectivity index (χ1v) is 8.06. The van der Waals surface area contributed by atoms with Crippen LogP contribution in [0.3, 0.4) is 0 Å². The molecule has 1 heterocycles. The zero-order valence-electron chi connectivity index (χ0n) is 12.0. The average molecular weight is 282 g/mol. The maximum Gasteiger partial charge on any atom is 0.243 e. The Balaban J connectivity index is 2.52. The summed E-state index contributed by atoms with van der Waals surface area (Å²) in [6.45, 7) is 8.28. The molecule has 1 aromatic rings. The van der Waals surface area contributed by atoms with Crippen LogP contribution >= 0.6 is 0 Å². The van der Waals surface area contributed by atoms with Gasteiger partial charge >= 0.3 is 0 Å². The molecule has 4 nitrogen and oxygen atoms in total. The first kappa shape index (κ1) is 14.3. The topological polar surface area (TPSA) is 63.4 Å². The van der Waals surface area contributed by atoms with Crippen molar-refractivity contribution in [2.45, 2.75) is 45.1 Å². The molecule has 0 aromatic heterocycles. The summed E-state index contributed by atoms with van der Waals surface area (Å²) < 4.78 is 27.3. The lowest BCUT2D eigenvalue weighted by molar-refractivity contribution is 0.405. The van der Waals surface area contributed by atoms with Crippen LogP contribution in [-0.2, 0) is 10.0 Å². The second kappa shape index (κ2) is 4.80. The van der Waals surface area contributed by atoms with Crippen molar-refractivity contribution in [1.82, 2.24) is 4.31 Å². The van der Waals surface area contributed by atoms with Crippen molar-refractivity contribution in [1.29, 1.82) is 0 Å². The Kier molecular flexibility index (Phi) is 3.62. The fraction of sp³-hybridized carbons (Fsp3) is 0.571. The van der Waals surface area contributed by atoms with Crippen LogP contribution in [0.5, 0.6) is 0 Å². The molecule has 19 heavy (non-hydrogen) atoms. The Morgan fingerprint density at radius 1 is 1.21 bits per heavy atom. The monoisotopic (exact) mass is 282 g/mol. The molecule has 0 spiro atoms. The minimum Gasteiger partial charge on any atom is -0.399 e. The second-order valence-electron chi connectivity index (χ2n) is 5.75. The third-order valence-corrected chi connectivity index (χ3v) is 6.06. The molecule has 0 saturated carbocycles. The Labute approximate surface area is 115 Å². The van der Waals surface area contributed by atoms with E-state index in [1.165, 1.54) is 0 Å². The molecule has 5 heteroatoms. The summed E-state index contributed by atoms with van der Waals surface area (Å²) in [6, 6.07) is 3.52. The van der Waals surface area contributed by atoms with Gasteiger partial charge in [-0.1, -0.05) is 6.92 Å². The first-order valence-electron chi connectivity index (χ1n) is 6.62. The summed E-state index contributed by atoms with van der Waals surface area (Å²) in [5.74, 6) is 0.416. The Morgan fingerprint density at radius 2 is 1.74 bits per heavy atom. The van der Waals surface area contributed by atoms with E-state index in [-0.39, 0.29) is 6.04 Å². The highest BCUT2D eigenvalue weighted by Gasteiger charge is 2.37. The van der Waals surface area contributed by atoms with Crippen LogP contribution in [0.25, 0.3) is 0 Å². The van der Waals surface area contributed by atoms with Crippen LogP contribution < -0.4 is 5.73 Å². The van der Waals surface area contributed by atoms with Gasteiger partial charge < -0.3 is 5.73 Å². The zero-order valence-corrected chi connectivity index (χ0v) is 12.8. The van der Waals surface area contributed by atoms with Crippen molar-refractivity contribution >= 4 is 15.7 Å². The van der Waals surface area contributed by atoms with Crippen molar-refractivity contribution in [3.63, 3.8) is 0 Å². The smallest absolute Gasteiger partial charge is 0.243 e. The summed E-state index contributed by atoms with van der Waals surface area (Å²) in [5, 5.41) is 0. The lowest BCUT2D eigenvalue weighted by Gasteiger charge is -2.23. The molecule has 2 unspecified atom stereocenters. The molecule has 1 aromatic carbocycles. The number of nitrogens with zero attached hydrogens (tertiary/aromatic N) is 1. The minimum absolute atomic E-state index is 0.0661. The molecule has 2 rings (SSSR count). The molecule has 1 fully saturated rings. The zero-order chi connectivity index (χ0) is 14.4. The van der Waals surface area contributed by atoms with E-state index in [4.69, 9.17) is 5.73 Å². The van der Waals surface area contributed by atoms with Crippen LogP contribution in [0.15, 0.2) is 17.0 Å². The molecule has 1 saturated heterocycles. The number of nitrogens with two attached hydrogens (primary N) is 1. The maximum atomic E-state index is 12.8. The molecule has 2 N–H and O–H groups in total. The molecule has 1 aliphatic rings. The Hall–Kier alpha value is -1.07. The predicted molar refractivity (Wildman–Crippen MR) is 77.5 cm³/mol. The number of sulfonamides is 1. The number of hydrogen-bond acceptors (Lipinski definition) is 3. The van der Waals surface area contributed by atoms with E-state index in [0.717, 1.165) is 17.5 Å². The van der Waals surface area contributed by atoms with Gasteiger partial charge in [-0.05, 0) is 56.4 Å². The fourth-order valence-electron chi connectivity index (χ4n) is 3.10. The number of hydrogen-bond donors (Lipinski definition) is 1. The van der Waals surface area contributed by atoms with Crippen molar-refractivity contribution in [2.24, 2.45) is 5.92 Å². The highest BCUT2D eigenvalue weighted by molar-refractivity contribution is 7.89. The van der Waals surface area contributed by atoms with Crippen LogP contribution in [0, 0.1) is 19.8 Å². The molecule has 1 aliphatic heterocycles. The molecule has 0 radical (unpaired) electrons. The van der Waals surface area contributed by atoms with E-state index in [1.54, 1.807) is 30.3 Å². The standard InChI is InChI=1S/C14H22N2O2S/c1-9-5-12(4)16(8-9)19(17,18)14-10(2)6-13(15)7-11(14)3/h6-7,9,12H,5,8,15H2,1-4H3. The summed E-state index contributed by atoms with van der Waals surface area (Å²) in [6.07, 6.45) is 0.923. The normalized spacial score (nSPS) is 24.8. The predicted octanol–water partition coefficient (Wildman–Crippen LogP) is 2.30. The molecular formula is C14H22N2O2S. The van der Waals surface area contributed by atoms with Crippen LogP contribution in [0.4, 0.5) is 5.69 Å². The van der Waals surface area contributed by atoms with E-state index in [0.29, 0.717) is 23.0 Å². The minimum atomic E-state index is -3.42. The number of aryl methyl sites for hydroxylation is 2. The van der Waals surface area contributed by atoms with Gasteiger partial charge in [0.05, 0.1) is 4.90 Å². The third-order valence-electron chi connectivity index (χ3n) is 3.78. The number of nitrogen functional groups attached to an aromatic ring is 1. The van der Waals surface area contributed by atoms with Gasteiger partial charge in [0.25, 0.3) is 0 Å². The van der Waals surface area contributed by atoms with E-state index in [2.05, 4.69) is 6.92 Å². The summed E-state index contributed by atoms with van der Waals surface area (Å²) in [7, 11) is -3.42. The lowest BCUT2D eigenvalue weighted by atomic mass is 10.1. The lowest BCUT2D eigenvalue weighted by Crippen LogP contribution is -2.34. The quantitative estimate of drug-likeness (QED) is 0.847. The van der Waals surface area contributed by atoms with Crippen LogP contribution in [0.1, 0.15) is 31.4 Å². The van der Waals surface area contributed by atoms with Gasteiger partial charge in [0.2, 0.25) is 10.0 Å². The van der Waals surface area contributed by atoms with Gasteiger partial charge in [-0.25, -0.2) is 8.42 Å². The SMILES string of the molecule is Cc1cc(N)cc(C)c1S(=O)(=O)N1CC(C)CC1C. The Bertz CT molecular complexity index is 572. The van der Waals surface area contributed by atoms with E-state index >= 15 is 0 Å². The molecule has 0 bridgehead atoms. The van der Waals surface area contributed by atoms with E-state index in [1.807, 2.05) is 6.92 Å². The third kappa shape index (κ3) is 2.49. The average Bonchev–Trinajstić information content (AvgIpc) is 2.56. The molecular weight excluding hydrogens is 260 g/mol. The second-order valence-corrected chi connectivity index (χ2v) is 7.58. The molecule has 0 amide bonds. The van der Waals surface area contributed by atoms with E-state index < -0.39 is 10.0 Å². The van der Waals surface area contributed by atoms with Gasteiger partial charge in [-0.15, -0.1) is 0 Å². The van der Waals surface area contributed by atoms with Gasteiger partial charge in [0.1, 0.15) is 0 Å². The number of benzene rings is 1. The Morgan fingerprint density at radius 3 is 2.16 bits per heavy atom. The van der Waals surface area contributed by atoms with Crippen LogP contribution in [-0.4, -0.2) is 25.3 Å². The van der Waals surface area contributed by atoms with Crippen LogP contribution in [0.2, 0.25) is 0 Å². The van der Waals surface area contributed by atoms with Gasteiger partial charge in [-0.2, -0.15) is 4.31 Å². The van der Waals surface area contributed by atoms with Gasteiger partial charge in [0.15, 0.2) is 0 Å². The molecule has 0 aliphatic carbocycles. The van der Waals surface area contributed by atoms with Crippen molar-refractivity contribution in [2.75, 3.05) is 12.3 Å². The fourth-order valence-corrected chi connectivity index (χ4v) is 5.28. The highest BCUT2D eigenvalue weighted by atomic mass is 32.2. The highest BCUT2D eigenvalue weighted by Crippen LogP contribution is 2.32. The van der Waals surface area contributed by atoms with Crippen molar-refractivity contribution in [3.05, 3.63) is 23.3 Å².